The number of nitrogens with zero attached hydrogens (tertiary/aromatic N) is 4. The molecule has 7 heteroatoms. The average molecular weight is 408 g/mol. The number of ether oxygens (including phenoxy) is 2. The molecule has 0 atom stereocenters. The molecule has 3 aromatic rings. The minimum Gasteiger partial charge on any atom is -0.494 e. The number of benzene rings is 1. The van der Waals surface area contributed by atoms with E-state index in [1.165, 1.54) is 5.69 Å². The Hall–Kier alpha value is -3.48. The van der Waals surface area contributed by atoms with Gasteiger partial charge in [-0.3, -0.25) is 4.99 Å². The van der Waals surface area contributed by atoms with Crippen molar-refractivity contribution < 1.29 is 9.47 Å². The van der Waals surface area contributed by atoms with Crippen molar-refractivity contribution in [2.24, 2.45) is 12.0 Å². The predicted octanol–water partition coefficient (Wildman–Crippen LogP) is 3.82. The second kappa shape index (κ2) is 10.3. The molecule has 158 valence electrons. The van der Waals surface area contributed by atoms with Crippen molar-refractivity contribution in [3.63, 3.8) is 0 Å². The normalized spacial score (nSPS) is 11.3. The zero-order chi connectivity index (χ0) is 21.3. The van der Waals surface area contributed by atoms with Crippen molar-refractivity contribution >= 4 is 5.96 Å². The third-order valence-electron chi connectivity index (χ3n) is 4.63. The fraction of sp³-hybridized carbons (Fsp3) is 0.304. The minimum atomic E-state index is 0.547. The van der Waals surface area contributed by atoms with E-state index >= 15 is 0 Å². The van der Waals surface area contributed by atoms with Gasteiger partial charge in [0.25, 0.3) is 0 Å². The zero-order valence-corrected chi connectivity index (χ0v) is 18.0. The number of nitrogens with one attached hydrogen (secondary N) is 1. The third-order valence-corrected chi connectivity index (χ3v) is 4.63. The van der Waals surface area contributed by atoms with Gasteiger partial charge >= 0.3 is 0 Å². The van der Waals surface area contributed by atoms with Crippen LogP contribution < -0.4 is 14.8 Å². The Balaban J connectivity index is 1.58. The van der Waals surface area contributed by atoms with Crippen LogP contribution in [0.4, 0.5) is 0 Å². The second-order valence-corrected chi connectivity index (χ2v) is 6.88. The van der Waals surface area contributed by atoms with Gasteiger partial charge in [-0.15, -0.1) is 0 Å². The van der Waals surface area contributed by atoms with Crippen molar-refractivity contribution in [2.75, 3.05) is 20.7 Å². The summed E-state index contributed by atoms with van der Waals surface area (Å²) in [7, 11) is 5.86. The van der Waals surface area contributed by atoms with Crippen LogP contribution in [0.25, 0.3) is 0 Å². The predicted molar refractivity (Wildman–Crippen MR) is 119 cm³/mol. The molecule has 0 unspecified atom stereocenters. The Kier molecular flexibility index (Phi) is 7.32. The Morgan fingerprint density at radius 2 is 1.93 bits per heavy atom. The average Bonchev–Trinajstić information content (AvgIpc) is 3.15. The first-order chi connectivity index (χ1) is 14.6. The third kappa shape index (κ3) is 5.76. The number of hydrogen-bond donors (Lipinski definition) is 1. The van der Waals surface area contributed by atoms with Crippen LogP contribution in [0.15, 0.2) is 65.9 Å². The van der Waals surface area contributed by atoms with Crippen LogP contribution in [0.5, 0.6) is 17.4 Å². The van der Waals surface area contributed by atoms with Crippen LogP contribution in [-0.2, 0) is 20.1 Å². The van der Waals surface area contributed by atoms with Gasteiger partial charge in [-0.1, -0.05) is 0 Å². The summed E-state index contributed by atoms with van der Waals surface area (Å²) in [5, 5.41) is 3.40. The van der Waals surface area contributed by atoms with Gasteiger partial charge in [-0.25, -0.2) is 4.98 Å². The SMILES string of the molecule is CCOc1ccc(Oc2cc(CNC(=NC)N(C)Cc3cccn3C)ccn2)cc1. The van der Waals surface area contributed by atoms with Gasteiger partial charge < -0.3 is 24.3 Å². The second-order valence-electron chi connectivity index (χ2n) is 6.88. The minimum absolute atomic E-state index is 0.547. The maximum absolute atomic E-state index is 5.88. The van der Waals surface area contributed by atoms with Gasteiger partial charge in [0, 0.05) is 51.8 Å². The van der Waals surface area contributed by atoms with Crippen molar-refractivity contribution in [1.82, 2.24) is 19.8 Å². The summed E-state index contributed by atoms with van der Waals surface area (Å²) >= 11 is 0. The summed E-state index contributed by atoms with van der Waals surface area (Å²) in [5.41, 5.74) is 2.27. The summed E-state index contributed by atoms with van der Waals surface area (Å²) < 4.78 is 13.4. The van der Waals surface area contributed by atoms with Crippen LogP contribution in [0.2, 0.25) is 0 Å². The largest absolute Gasteiger partial charge is 0.494 e. The number of rotatable bonds is 8. The number of hydrogen-bond acceptors (Lipinski definition) is 4. The lowest BCUT2D eigenvalue weighted by molar-refractivity contribution is 0.339. The maximum Gasteiger partial charge on any atom is 0.219 e. The van der Waals surface area contributed by atoms with E-state index in [1.54, 1.807) is 13.2 Å². The Morgan fingerprint density at radius 3 is 2.60 bits per heavy atom. The van der Waals surface area contributed by atoms with E-state index in [-0.39, 0.29) is 0 Å². The first-order valence-corrected chi connectivity index (χ1v) is 9.96. The molecule has 0 amide bonds. The van der Waals surface area contributed by atoms with E-state index in [0.717, 1.165) is 23.8 Å². The van der Waals surface area contributed by atoms with Crippen molar-refractivity contribution in [2.45, 2.75) is 20.0 Å². The summed E-state index contributed by atoms with van der Waals surface area (Å²) in [4.78, 5) is 10.8. The molecule has 0 aliphatic rings. The molecule has 1 aromatic carbocycles. The number of aryl methyl sites for hydroxylation is 1. The van der Waals surface area contributed by atoms with Crippen molar-refractivity contribution in [3.05, 3.63) is 72.2 Å². The van der Waals surface area contributed by atoms with E-state index < -0.39 is 0 Å². The van der Waals surface area contributed by atoms with Crippen molar-refractivity contribution in [1.29, 1.82) is 0 Å². The topological polar surface area (TPSA) is 63.9 Å². The zero-order valence-electron chi connectivity index (χ0n) is 18.0. The van der Waals surface area contributed by atoms with Gasteiger partial charge in [0.15, 0.2) is 5.96 Å². The first-order valence-electron chi connectivity index (χ1n) is 9.96. The fourth-order valence-electron chi connectivity index (χ4n) is 3.05. The number of pyridine rings is 1. The monoisotopic (exact) mass is 407 g/mol. The number of aliphatic imine (C=N–C) groups is 1. The molecule has 0 aliphatic carbocycles. The molecular weight excluding hydrogens is 378 g/mol. The molecule has 0 aliphatic heterocycles. The molecule has 30 heavy (non-hydrogen) atoms. The standard InChI is InChI=1S/C23H29N5O2/c1-5-29-20-8-10-21(11-9-20)30-22-15-18(12-13-25-22)16-26-23(24-2)28(4)17-19-7-6-14-27(19)3/h6-15H,5,16-17H2,1-4H3,(H,24,26). The Bertz CT molecular complexity index is 966. The molecule has 0 saturated carbocycles. The molecule has 0 spiro atoms. The molecule has 2 heterocycles. The van der Waals surface area contributed by atoms with Gasteiger partial charge in [-0.05, 0) is 55.0 Å². The van der Waals surface area contributed by atoms with Gasteiger partial charge in [0.1, 0.15) is 11.5 Å². The Morgan fingerprint density at radius 1 is 1.17 bits per heavy atom. The fourth-order valence-corrected chi connectivity index (χ4v) is 3.05. The molecule has 0 radical (unpaired) electrons. The van der Waals surface area contributed by atoms with Crippen molar-refractivity contribution in [3.8, 4) is 17.4 Å². The van der Waals surface area contributed by atoms with Gasteiger partial charge in [0.05, 0.1) is 13.2 Å². The van der Waals surface area contributed by atoms with Crippen LogP contribution in [-0.4, -0.2) is 41.1 Å². The highest BCUT2D eigenvalue weighted by atomic mass is 16.5. The van der Waals surface area contributed by atoms with Crippen LogP contribution in [0.3, 0.4) is 0 Å². The molecule has 1 N–H and O–H groups in total. The summed E-state index contributed by atoms with van der Waals surface area (Å²) in [6.07, 6.45) is 3.79. The van der Waals surface area contributed by atoms with E-state index in [0.29, 0.717) is 24.8 Å². The molecule has 0 bridgehead atoms. The van der Waals surface area contributed by atoms with Gasteiger partial charge in [-0.2, -0.15) is 0 Å². The molecule has 2 aromatic heterocycles. The van der Waals surface area contributed by atoms with Gasteiger partial charge in [0.2, 0.25) is 5.88 Å². The highest BCUT2D eigenvalue weighted by molar-refractivity contribution is 5.79. The molecule has 7 nitrogen and oxygen atoms in total. The van der Waals surface area contributed by atoms with Crippen LogP contribution >= 0.6 is 0 Å². The summed E-state index contributed by atoms with van der Waals surface area (Å²) in [5.74, 6) is 2.91. The number of guanidine groups is 1. The molecular formula is C23H29N5O2. The first kappa shape index (κ1) is 21.2. The molecule has 0 fully saturated rings. The highest BCUT2D eigenvalue weighted by Crippen LogP contribution is 2.23. The van der Waals surface area contributed by atoms with E-state index in [2.05, 4.69) is 30.8 Å². The summed E-state index contributed by atoms with van der Waals surface area (Å²) in [6, 6.07) is 15.6. The van der Waals surface area contributed by atoms with E-state index in [1.807, 2.05) is 69.7 Å². The van der Waals surface area contributed by atoms with E-state index in [4.69, 9.17) is 9.47 Å². The lowest BCUT2D eigenvalue weighted by Crippen LogP contribution is -2.38. The lowest BCUT2D eigenvalue weighted by atomic mass is 10.2. The molecule has 3 rings (SSSR count). The van der Waals surface area contributed by atoms with Crippen LogP contribution in [0, 0.1) is 0 Å². The lowest BCUT2D eigenvalue weighted by Gasteiger charge is -2.22. The number of aromatic nitrogens is 2. The smallest absolute Gasteiger partial charge is 0.219 e. The van der Waals surface area contributed by atoms with Crippen LogP contribution in [0.1, 0.15) is 18.2 Å². The summed E-state index contributed by atoms with van der Waals surface area (Å²) in [6.45, 7) is 3.99. The quantitative estimate of drug-likeness (QED) is 0.454. The Labute approximate surface area is 178 Å². The maximum atomic E-state index is 5.88. The highest BCUT2D eigenvalue weighted by Gasteiger charge is 2.09. The van der Waals surface area contributed by atoms with E-state index in [9.17, 15) is 0 Å². The molecule has 0 saturated heterocycles.